The zero-order chi connectivity index (χ0) is 14.5. The third-order valence-electron chi connectivity index (χ3n) is 2.63. The van der Waals surface area contributed by atoms with E-state index in [9.17, 15) is 9.59 Å². The van der Waals surface area contributed by atoms with Gasteiger partial charge in [-0.3, -0.25) is 0 Å². The summed E-state index contributed by atoms with van der Waals surface area (Å²) in [6.45, 7) is 0. The van der Waals surface area contributed by atoms with Crippen molar-refractivity contribution in [1.29, 1.82) is 0 Å². The van der Waals surface area contributed by atoms with E-state index in [2.05, 4.69) is 0 Å². The van der Waals surface area contributed by atoms with Crippen LogP contribution in [0.4, 0.5) is 0 Å². The highest BCUT2D eigenvalue weighted by molar-refractivity contribution is 7.99. The molecule has 2 rings (SSSR count). The summed E-state index contributed by atoms with van der Waals surface area (Å²) in [4.78, 5) is 24.1. The van der Waals surface area contributed by atoms with Crippen LogP contribution in [0, 0.1) is 0 Å². The van der Waals surface area contributed by atoms with Crippen LogP contribution in [-0.4, -0.2) is 24.2 Å². The molecule has 2 aromatic rings. The average Bonchev–Trinajstić information content (AvgIpc) is 2.47. The Hall–Kier alpha value is -2.27. The van der Waals surface area contributed by atoms with Gasteiger partial charge in [-0.25, -0.2) is 9.59 Å². The molecular weight excluding hydrogens is 276 g/mol. The van der Waals surface area contributed by atoms with Crippen molar-refractivity contribution in [2.45, 2.75) is 9.79 Å². The van der Waals surface area contributed by atoms with Crippen LogP contribution in [0.3, 0.4) is 0 Å². The molecule has 0 unspecified atom stereocenters. The maximum atomic E-state index is 11.7. The van der Waals surface area contributed by atoms with Gasteiger partial charge in [-0.15, -0.1) is 0 Å². The molecule has 1 N–H and O–H groups in total. The van der Waals surface area contributed by atoms with Crippen molar-refractivity contribution in [2.24, 2.45) is 0 Å². The van der Waals surface area contributed by atoms with Gasteiger partial charge < -0.3 is 9.84 Å². The van der Waals surface area contributed by atoms with E-state index in [1.165, 1.54) is 24.9 Å². The van der Waals surface area contributed by atoms with Crippen LogP contribution in [0.2, 0.25) is 0 Å². The smallest absolute Gasteiger partial charge is 0.339 e. The molecule has 0 radical (unpaired) electrons. The van der Waals surface area contributed by atoms with Crippen LogP contribution in [0.1, 0.15) is 20.7 Å². The van der Waals surface area contributed by atoms with Gasteiger partial charge in [0.05, 0.1) is 18.2 Å². The van der Waals surface area contributed by atoms with Gasteiger partial charge in [0.15, 0.2) is 0 Å². The SMILES string of the molecule is COC(=O)c1ccccc1Sc1ccccc1C(=O)O. The number of benzene rings is 2. The summed E-state index contributed by atoms with van der Waals surface area (Å²) < 4.78 is 4.72. The van der Waals surface area contributed by atoms with Gasteiger partial charge in [0.25, 0.3) is 0 Å². The first kappa shape index (κ1) is 14.1. The Morgan fingerprint density at radius 3 is 2.00 bits per heavy atom. The Kier molecular flexibility index (Phi) is 4.42. The Balaban J connectivity index is 2.41. The van der Waals surface area contributed by atoms with Crippen molar-refractivity contribution in [2.75, 3.05) is 7.11 Å². The fourth-order valence-corrected chi connectivity index (χ4v) is 2.74. The summed E-state index contributed by atoms with van der Waals surface area (Å²) in [5.74, 6) is -1.44. The van der Waals surface area contributed by atoms with E-state index in [-0.39, 0.29) is 5.56 Å². The zero-order valence-electron chi connectivity index (χ0n) is 10.7. The molecule has 0 aliphatic carbocycles. The first-order chi connectivity index (χ1) is 9.63. The molecule has 0 aliphatic rings. The summed E-state index contributed by atoms with van der Waals surface area (Å²) in [5.41, 5.74) is 0.623. The Labute approximate surface area is 120 Å². The molecule has 0 amide bonds. The van der Waals surface area contributed by atoms with E-state index < -0.39 is 11.9 Å². The van der Waals surface area contributed by atoms with Crippen LogP contribution < -0.4 is 0 Å². The molecule has 0 aromatic heterocycles. The van der Waals surface area contributed by atoms with Crippen LogP contribution in [0.15, 0.2) is 58.3 Å². The molecule has 0 atom stereocenters. The molecule has 0 fully saturated rings. The number of carbonyl (C=O) groups is 2. The zero-order valence-corrected chi connectivity index (χ0v) is 11.5. The number of ether oxygens (including phenoxy) is 1. The standard InChI is InChI=1S/C15H12O4S/c1-19-15(18)11-7-3-5-9-13(11)20-12-8-4-2-6-10(12)14(16)17/h2-9H,1H3,(H,16,17). The Bertz CT molecular complexity index is 652. The predicted molar refractivity (Wildman–Crippen MR) is 75.3 cm³/mol. The average molecular weight is 288 g/mol. The number of rotatable bonds is 4. The van der Waals surface area contributed by atoms with Crippen molar-refractivity contribution in [1.82, 2.24) is 0 Å². The molecule has 0 aliphatic heterocycles. The number of hydrogen-bond donors (Lipinski definition) is 1. The molecule has 4 nitrogen and oxygen atoms in total. The lowest BCUT2D eigenvalue weighted by atomic mass is 10.2. The number of esters is 1. The molecule has 0 spiro atoms. The minimum absolute atomic E-state index is 0.206. The summed E-state index contributed by atoms with van der Waals surface area (Å²) in [7, 11) is 1.31. The van der Waals surface area contributed by atoms with Crippen molar-refractivity contribution < 1.29 is 19.4 Å². The van der Waals surface area contributed by atoms with Crippen molar-refractivity contribution in [3.05, 3.63) is 59.7 Å². The highest BCUT2D eigenvalue weighted by Gasteiger charge is 2.15. The van der Waals surface area contributed by atoms with Gasteiger partial charge >= 0.3 is 11.9 Å². The Morgan fingerprint density at radius 2 is 1.45 bits per heavy atom. The van der Waals surface area contributed by atoms with E-state index in [4.69, 9.17) is 9.84 Å². The van der Waals surface area contributed by atoms with Crippen LogP contribution in [-0.2, 0) is 4.74 Å². The van der Waals surface area contributed by atoms with Gasteiger partial charge in [-0.1, -0.05) is 36.0 Å². The molecule has 102 valence electrons. The normalized spacial score (nSPS) is 10.1. The number of methoxy groups -OCH3 is 1. The third kappa shape index (κ3) is 3.00. The molecule has 0 saturated heterocycles. The van der Waals surface area contributed by atoms with E-state index in [0.717, 1.165) is 0 Å². The molecular formula is C15H12O4S. The lowest BCUT2D eigenvalue weighted by Crippen LogP contribution is -2.03. The van der Waals surface area contributed by atoms with Crippen LogP contribution in [0.25, 0.3) is 0 Å². The van der Waals surface area contributed by atoms with Gasteiger partial charge in [0.2, 0.25) is 0 Å². The maximum Gasteiger partial charge on any atom is 0.339 e. The quantitative estimate of drug-likeness (QED) is 0.874. The second-order valence-corrected chi connectivity index (χ2v) is 4.97. The first-order valence-corrected chi connectivity index (χ1v) is 6.62. The van der Waals surface area contributed by atoms with Gasteiger partial charge in [-0.2, -0.15) is 0 Å². The second-order valence-electron chi connectivity index (χ2n) is 3.89. The van der Waals surface area contributed by atoms with E-state index in [0.29, 0.717) is 15.4 Å². The third-order valence-corrected chi connectivity index (χ3v) is 3.78. The highest BCUT2D eigenvalue weighted by atomic mass is 32.2. The number of carbonyl (C=O) groups excluding carboxylic acids is 1. The monoisotopic (exact) mass is 288 g/mol. The highest BCUT2D eigenvalue weighted by Crippen LogP contribution is 2.33. The number of carboxylic acids is 1. The lowest BCUT2D eigenvalue weighted by molar-refractivity contribution is 0.0596. The van der Waals surface area contributed by atoms with Gasteiger partial charge in [-0.05, 0) is 24.3 Å². The van der Waals surface area contributed by atoms with E-state index in [1.807, 2.05) is 0 Å². The maximum absolute atomic E-state index is 11.7. The minimum Gasteiger partial charge on any atom is -0.478 e. The number of aromatic carboxylic acids is 1. The largest absolute Gasteiger partial charge is 0.478 e. The Morgan fingerprint density at radius 1 is 0.950 bits per heavy atom. The number of hydrogen-bond acceptors (Lipinski definition) is 4. The molecule has 0 heterocycles. The summed E-state index contributed by atoms with van der Waals surface area (Å²) in [5, 5.41) is 9.16. The predicted octanol–water partition coefficient (Wildman–Crippen LogP) is 3.32. The molecule has 0 bridgehead atoms. The topological polar surface area (TPSA) is 63.6 Å². The van der Waals surface area contributed by atoms with Crippen LogP contribution >= 0.6 is 11.8 Å². The number of carboxylic acid groups (broad SMARTS) is 1. The van der Waals surface area contributed by atoms with Crippen molar-refractivity contribution in [3.63, 3.8) is 0 Å². The molecule has 20 heavy (non-hydrogen) atoms. The van der Waals surface area contributed by atoms with E-state index >= 15 is 0 Å². The fourth-order valence-electron chi connectivity index (χ4n) is 1.69. The minimum atomic E-state index is -0.997. The van der Waals surface area contributed by atoms with E-state index in [1.54, 1.807) is 42.5 Å². The first-order valence-electron chi connectivity index (χ1n) is 5.81. The van der Waals surface area contributed by atoms with Gasteiger partial charge in [0, 0.05) is 9.79 Å². The second kappa shape index (κ2) is 6.25. The molecule has 5 heteroatoms. The van der Waals surface area contributed by atoms with Gasteiger partial charge in [0.1, 0.15) is 0 Å². The fraction of sp³-hybridized carbons (Fsp3) is 0.0667. The summed E-state index contributed by atoms with van der Waals surface area (Å²) in [6, 6.07) is 13.6. The summed E-state index contributed by atoms with van der Waals surface area (Å²) in [6.07, 6.45) is 0. The summed E-state index contributed by atoms with van der Waals surface area (Å²) >= 11 is 1.23. The van der Waals surface area contributed by atoms with Crippen molar-refractivity contribution >= 4 is 23.7 Å². The van der Waals surface area contributed by atoms with Crippen molar-refractivity contribution in [3.8, 4) is 0 Å². The molecule has 2 aromatic carbocycles. The lowest BCUT2D eigenvalue weighted by Gasteiger charge is -2.09. The molecule has 0 saturated carbocycles. The van der Waals surface area contributed by atoms with Crippen LogP contribution in [0.5, 0.6) is 0 Å².